The zero-order valence-corrected chi connectivity index (χ0v) is 6.31. The van der Waals surface area contributed by atoms with Crippen molar-refractivity contribution in [3.05, 3.63) is 12.3 Å². The van der Waals surface area contributed by atoms with Gasteiger partial charge < -0.3 is 10.6 Å². The summed E-state index contributed by atoms with van der Waals surface area (Å²) < 4.78 is 0. The molecule has 0 aliphatic carbocycles. The summed E-state index contributed by atoms with van der Waals surface area (Å²) in [6.45, 7) is 0.617. The minimum atomic E-state index is -0.0514. The SMILES string of the molecule is O=C1C=CNC(Br)CN1. The summed E-state index contributed by atoms with van der Waals surface area (Å²) in [6, 6.07) is 0. The molecule has 4 heteroatoms. The lowest BCUT2D eigenvalue weighted by Gasteiger charge is -2.05. The predicted octanol–water partition coefficient (Wildman–Crippen LogP) is -0.0595. The van der Waals surface area contributed by atoms with Gasteiger partial charge in [-0.15, -0.1) is 0 Å². The highest BCUT2D eigenvalue weighted by molar-refractivity contribution is 9.09. The molecular weight excluding hydrogens is 184 g/mol. The number of amides is 1. The van der Waals surface area contributed by atoms with E-state index in [1.807, 2.05) is 0 Å². The van der Waals surface area contributed by atoms with E-state index in [0.717, 1.165) is 0 Å². The van der Waals surface area contributed by atoms with Crippen LogP contribution >= 0.6 is 15.9 Å². The molecule has 1 aliphatic heterocycles. The third-order valence-electron chi connectivity index (χ3n) is 0.967. The minimum absolute atomic E-state index is 0.0514. The zero-order chi connectivity index (χ0) is 6.69. The van der Waals surface area contributed by atoms with Gasteiger partial charge in [0.1, 0.15) is 0 Å². The van der Waals surface area contributed by atoms with Crippen LogP contribution < -0.4 is 10.6 Å². The van der Waals surface area contributed by atoms with Gasteiger partial charge in [0.25, 0.3) is 0 Å². The largest absolute Gasteiger partial charge is 0.377 e. The van der Waals surface area contributed by atoms with E-state index in [0.29, 0.717) is 6.54 Å². The van der Waals surface area contributed by atoms with E-state index in [4.69, 9.17) is 0 Å². The van der Waals surface area contributed by atoms with E-state index in [1.165, 1.54) is 6.08 Å². The van der Waals surface area contributed by atoms with Crippen molar-refractivity contribution in [1.82, 2.24) is 10.6 Å². The maximum atomic E-state index is 10.6. The Morgan fingerprint density at radius 3 is 3.33 bits per heavy atom. The van der Waals surface area contributed by atoms with E-state index in [-0.39, 0.29) is 10.9 Å². The number of nitrogens with one attached hydrogen (secondary N) is 2. The lowest BCUT2D eigenvalue weighted by atomic mass is 10.6. The Labute approximate surface area is 61.6 Å². The van der Waals surface area contributed by atoms with Gasteiger partial charge in [0.05, 0.1) is 4.95 Å². The molecule has 0 aromatic heterocycles. The second-order valence-corrected chi connectivity index (χ2v) is 2.82. The first-order chi connectivity index (χ1) is 4.29. The summed E-state index contributed by atoms with van der Waals surface area (Å²) in [4.78, 5) is 10.7. The lowest BCUT2D eigenvalue weighted by Crippen LogP contribution is -2.30. The van der Waals surface area contributed by atoms with Crippen molar-refractivity contribution in [3.63, 3.8) is 0 Å². The fourth-order valence-electron chi connectivity index (χ4n) is 0.536. The highest BCUT2D eigenvalue weighted by Crippen LogP contribution is 1.94. The van der Waals surface area contributed by atoms with E-state index in [9.17, 15) is 4.79 Å². The number of carbonyl (C=O) groups excluding carboxylic acids is 1. The van der Waals surface area contributed by atoms with Gasteiger partial charge >= 0.3 is 0 Å². The van der Waals surface area contributed by atoms with Crippen LogP contribution in [0.5, 0.6) is 0 Å². The van der Waals surface area contributed by atoms with Crippen LogP contribution in [-0.4, -0.2) is 17.4 Å². The summed E-state index contributed by atoms with van der Waals surface area (Å²) in [6.07, 6.45) is 3.09. The van der Waals surface area contributed by atoms with Crippen LogP contribution in [0.25, 0.3) is 0 Å². The summed E-state index contributed by atoms with van der Waals surface area (Å²) in [5.74, 6) is -0.0514. The zero-order valence-electron chi connectivity index (χ0n) is 4.73. The van der Waals surface area contributed by atoms with Gasteiger partial charge in [-0.1, -0.05) is 15.9 Å². The van der Waals surface area contributed by atoms with Crippen molar-refractivity contribution in [3.8, 4) is 0 Å². The molecule has 1 heterocycles. The van der Waals surface area contributed by atoms with Crippen LogP contribution in [0.4, 0.5) is 0 Å². The highest BCUT2D eigenvalue weighted by atomic mass is 79.9. The Kier molecular flexibility index (Phi) is 2.10. The normalized spacial score (nSPS) is 26.3. The minimum Gasteiger partial charge on any atom is -0.377 e. The van der Waals surface area contributed by atoms with E-state index >= 15 is 0 Å². The van der Waals surface area contributed by atoms with Crippen molar-refractivity contribution in [1.29, 1.82) is 0 Å². The van der Waals surface area contributed by atoms with Crippen molar-refractivity contribution < 1.29 is 4.79 Å². The van der Waals surface area contributed by atoms with Crippen LogP contribution in [-0.2, 0) is 4.79 Å². The van der Waals surface area contributed by atoms with Crippen molar-refractivity contribution in [2.45, 2.75) is 4.95 Å². The molecule has 1 amide bonds. The summed E-state index contributed by atoms with van der Waals surface area (Å²) in [7, 11) is 0. The molecule has 1 aliphatic rings. The van der Waals surface area contributed by atoms with Crippen LogP contribution in [0, 0.1) is 0 Å². The molecule has 0 radical (unpaired) electrons. The number of alkyl halides is 1. The second-order valence-electron chi connectivity index (χ2n) is 1.71. The Morgan fingerprint density at radius 1 is 1.78 bits per heavy atom. The Bertz CT molecular complexity index is 146. The van der Waals surface area contributed by atoms with Crippen LogP contribution in [0.2, 0.25) is 0 Å². The van der Waals surface area contributed by atoms with E-state index in [2.05, 4.69) is 26.6 Å². The molecule has 1 unspecified atom stereocenters. The number of hydrogen-bond acceptors (Lipinski definition) is 2. The first kappa shape index (κ1) is 6.61. The summed E-state index contributed by atoms with van der Waals surface area (Å²) in [5.41, 5.74) is 0. The van der Waals surface area contributed by atoms with Gasteiger partial charge in [-0.25, -0.2) is 0 Å². The third-order valence-corrected chi connectivity index (χ3v) is 1.56. The van der Waals surface area contributed by atoms with Gasteiger partial charge in [0.15, 0.2) is 0 Å². The summed E-state index contributed by atoms with van der Waals surface area (Å²) in [5, 5.41) is 5.59. The van der Waals surface area contributed by atoms with Crippen molar-refractivity contribution >= 4 is 21.8 Å². The molecule has 0 fully saturated rings. The molecule has 2 N–H and O–H groups in total. The molecule has 0 saturated heterocycles. The van der Waals surface area contributed by atoms with E-state index in [1.54, 1.807) is 6.20 Å². The molecule has 0 saturated carbocycles. The number of carbonyl (C=O) groups is 1. The van der Waals surface area contributed by atoms with Gasteiger partial charge in [-0.3, -0.25) is 4.79 Å². The number of halogens is 1. The van der Waals surface area contributed by atoms with Gasteiger partial charge in [0.2, 0.25) is 5.91 Å². The molecule has 50 valence electrons. The van der Waals surface area contributed by atoms with Crippen LogP contribution in [0.1, 0.15) is 0 Å². The molecule has 0 aromatic rings. The summed E-state index contributed by atoms with van der Waals surface area (Å²) >= 11 is 3.29. The molecule has 0 bridgehead atoms. The van der Waals surface area contributed by atoms with Crippen molar-refractivity contribution in [2.24, 2.45) is 0 Å². The van der Waals surface area contributed by atoms with Crippen LogP contribution in [0.15, 0.2) is 12.3 Å². The molecule has 1 rings (SSSR count). The third kappa shape index (κ3) is 2.05. The Balaban J connectivity index is 2.48. The molecular formula is C5H7BrN2O. The average Bonchev–Trinajstić information content (AvgIpc) is 1.97. The first-order valence-corrected chi connectivity index (χ1v) is 3.55. The second kappa shape index (κ2) is 2.87. The van der Waals surface area contributed by atoms with Crippen molar-refractivity contribution in [2.75, 3.05) is 6.54 Å². The predicted molar refractivity (Wildman–Crippen MR) is 38.0 cm³/mol. The van der Waals surface area contributed by atoms with Gasteiger partial charge in [-0.2, -0.15) is 0 Å². The molecule has 1 atom stereocenters. The maximum absolute atomic E-state index is 10.6. The Hall–Kier alpha value is -0.510. The van der Waals surface area contributed by atoms with Crippen LogP contribution in [0.3, 0.4) is 0 Å². The quantitative estimate of drug-likeness (QED) is 0.416. The number of hydrogen-bond donors (Lipinski definition) is 2. The fourth-order valence-corrected chi connectivity index (χ4v) is 0.851. The van der Waals surface area contributed by atoms with Gasteiger partial charge in [-0.05, 0) is 0 Å². The molecule has 9 heavy (non-hydrogen) atoms. The average molecular weight is 191 g/mol. The maximum Gasteiger partial charge on any atom is 0.245 e. The van der Waals surface area contributed by atoms with E-state index < -0.39 is 0 Å². The smallest absolute Gasteiger partial charge is 0.245 e. The molecule has 3 nitrogen and oxygen atoms in total. The topological polar surface area (TPSA) is 41.1 Å². The molecule has 0 spiro atoms. The lowest BCUT2D eigenvalue weighted by molar-refractivity contribution is -0.116. The molecule has 0 aromatic carbocycles. The van der Waals surface area contributed by atoms with Gasteiger partial charge in [0, 0.05) is 18.8 Å². The standard InChI is InChI=1S/C5H7BrN2O/c6-4-3-8-5(9)1-2-7-4/h1-2,4,7H,3H2,(H,8,9). The Morgan fingerprint density at radius 2 is 2.56 bits per heavy atom. The monoisotopic (exact) mass is 190 g/mol. The fraction of sp³-hybridized carbons (Fsp3) is 0.400. The number of rotatable bonds is 0. The highest BCUT2D eigenvalue weighted by Gasteiger charge is 2.05. The first-order valence-electron chi connectivity index (χ1n) is 2.63.